The maximum atomic E-state index is 12.7. The predicted octanol–water partition coefficient (Wildman–Crippen LogP) is 1.36. The Morgan fingerprint density at radius 1 is 1.36 bits per heavy atom. The number of piperidine rings is 1. The standard InChI is InChI=1S/C15H18N4O3/c1-9-11-7-10(8-16-13(11)18(2)17-9)14(20)19-6-4-3-5-12(19)15(21)22/h7-8,12H,3-6H2,1-2H3,(H,21,22). The number of carbonyl (C=O) groups excluding carboxylic acids is 1. The zero-order valence-corrected chi connectivity index (χ0v) is 12.6. The lowest BCUT2D eigenvalue weighted by atomic mass is 10.0. The molecule has 2 aromatic rings. The summed E-state index contributed by atoms with van der Waals surface area (Å²) in [5.74, 6) is -1.22. The number of hydrogen-bond acceptors (Lipinski definition) is 4. The van der Waals surface area contributed by atoms with Crippen molar-refractivity contribution in [3.63, 3.8) is 0 Å². The molecule has 1 saturated heterocycles. The van der Waals surface area contributed by atoms with Gasteiger partial charge in [0.25, 0.3) is 5.91 Å². The van der Waals surface area contributed by atoms with Crippen molar-refractivity contribution in [3.8, 4) is 0 Å². The van der Waals surface area contributed by atoms with Gasteiger partial charge in [0.2, 0.25) is 0 Å². The lowest BCUT2D eigenvalue weighted by molar-refractivity contribution is -0.143. The molecule has 0 aliphatic carbocycles. The van der Waals surface area contributed by atoms with E-state index in [9.17, 15) is 14.7 Å². The van der Waals surface area contributed by atoms with E-state index >= 15 is 0 Å². The highest BCUT2D eigenvalue weighted by atomic mass is 16.4. The van der Waals surface area contributed by atoms with Gasteiger partial charge in [-0.2, -0.15) is 5.10 Å². The molecule has 0 saturated carbocycles. The fourth-order valence-corrected chi connectivity index (χ4v) is 3.02. The van der Waals surface area contributed by atoms with Crippen LogP contribution in [0.5, 0.6) is 0 Å². The van der Waals surface area contributed by atoms with Crippen LogP contribution in [-0.4, -0.2) is 49.2 Å². The Balaban J connectivity index is 1.97. The Morgan fingerprint density at radius 3 is 2.86 bits per heavy atom. The van der Waals surface area contributed by atoms with E-state index in [0.29, 0.717) is 24.2 Å². The van der Waals surface area contributed by atoms with Gasteiger partial charge < -0.3 is 10.0 Å². The van der Waals surface area contributed by atoms with Crippen molar-refractivity contribution in [1.29, 1.82) is 0 Å². The molecule has 0 aromatic carbocycles. The van der Waals surface area contributed by atoms with Gasteiger partial charge in [0, 0.05) is 25.2 Å². The van der Waals surface area contributed by atoms with Crippen molar-refractivity contribution in [3.05, 3.63) is 23.5 Å². The summed E-state index contributed by atoms with van der Waals surface area (Å²) in [6.45, 7) is 2.33. The third-order valence-electron chi connectivity index (χ3n) is 4.16. The average Bonchev–Trinajstić information content (AvgIpc) is 2.81. The van der Waals surface area contributed by atoms with Gasteiger partial charge in [0.1, 0.15) is 6.04 Å². The fourth-order valence-electron chi connectivity index (χ4n) is 3.02. The molecule has 22 heavy (non-hydrogen) atoms. The van der Waals surface area contributed by atoms with Crippen LogP contribution in [0.25, 0.3) is 11.0 Å². The van der Waals surface area contributed by atoms with Crippen LogP contribution >= 0.6 is 0 Å². The highest BCUT2D eigenvalue weighted by Crippen LogP contribution is 2.22. The average molecular weight is 302 g/mol. The number of fused-ring (bicyclic) bond motifs is 1. The van der Waals surface area contributed by atoms with Gasteiger partial charge >= 0.3 is 5.97 Å². The monoisotopic (exact) mass is 302 g/mol. The van der Waals surface area contributed by atoms with E-state index in [1.807, 2.05) is 6.92 Å². The van der Waals surface area contributed by atoms with Crippen molar-refractivity contribution in [2.45, 2.75) is 32.2 Å². The van der Waals surface area contributed by atoms with E-state index in [0.717, 1.165) is 23.9 Å². The molecule has 1 N–H and O–H groups in total. The Labute approximate surface area is 127 Å². The highest BCUT2D eigenvalue weighted by molar-refractivity contribution is 5.99. The molecule has 0 radical (unpaired) electrons. The van der Waals surface area contributed by atoms with Crippen molar-refractivity contribution >= 4 is 22.9 Å². The van der Waals surface area contributed by atoms with Crippen molar-refractivity contribution in [1.82, 2.24) is 19.7 Å². The topological polar surface area (TPSA) is 88.3 Å². The summed E-state index contributed by atoms with van der Waals surface area (Å²) in [4.78, 5) is 29.8. The van der Waals surface area contributed by atoms with Gasteiger partial charge in [-0.15, -0.1) is 0 Å². The normalized spacial score (nSPS) is 18.6. The number of carbonyl (C=O) groups is 2. The molecule has 1 fully saturated rings. The number of rotatable bonds is 2. The number of aliphatic carboxylic acids is 1. The summed E-state index contributed by atoms with van der Waals surface area (Å²) < 4.78 is 1.67. The molecule has 1 unspecified atom stereocenters. The molecule has 1 aliphatic heterocycles. The van der Waals surface area contributed by atoms with Crippen LogP contribution in [0, 0.1) is 6.92 Å². The van der Waals surface area contributed by atoms with Gasteiger partial charge in [-0.1, -0.05) is 0 Å². The first-order chi connectivity index (χ1) is 10.5. The molecule has 0 spiro atoms. The van der Waals surface area contributed by atoms with E-state index in [1.165, 1.54) is 11.1 Å². The summed E-state index contributed by atoms with van der Waals surface area (Å²) in [6.07, 6.45) is 3.67. The van der Waals surface area contributed by atoms with Crippen LogP contribution in [0.3, 0.4) is 0 Å². The van der Waals surface area contributed by atoms with Gasteiger partial charge in [-0.3, -0.25) is 9.48 Å². The first kappa shape index (κ1) is 14.5. The zero-order valence-electron chi connectivity index (χ0n) is 12.6. The smallest absolute Gasteiger partial charge is 0.326 e. The summed E-state index contributed by atoms with van der Waals surface area (Å²) in [5, 5.41) is 14.4. The quantitative estimate of drug-likeness (QED) is 0.904. The molecule has 3 rings (SSSR count). The molecular weight excluding hydrogens is 284 g/mol. The van der Waals surface area contributed by atoms with Crippen LogP contribution in [0.15, 0.2) is 12.3 Å². The molecule has 3 heterocycles. The number of nitrogens with zero attached hydrogens (tertiary/aromatic N) is 4. The third-order valence-corrected chi connectivity index (χ3v) is 4.16. The molecule has 1 aliphatic rings. The maximum absolute atomic E-state index is 12.7. The second kappa shape index (κ2) is 5.40. The first-order valence-corrected chi connectivity index (χ1v) is 7.32. The lowest BCUT2D eigenvalue weighted by Crippen LogP contribution is -2.48. The van der Waals surface area contributed by atoms with Crippen LogP contribution in [0.4, 0.5) is 0 Å². The number of carboxylic acid groups (broad SMARTS) is 1. The van der Waals surface area contributed by atoms with Crippen molar-refractivity contribution in [2.24, 2.45) is 7.05 Å². The number of hydrogen-bond donors (Lipinski definition) is 1. The van der Waals surface area contributed by atoms with E-state index in [2.05, 4.69) is 10.1 Å². The van der Waals surface area contributed by atoms with Crippen LogP contribution in [0.2, 0.25) is 0 Å². The zero-order chi connectivity index (χ0) is 15.9. The SMILES string of the molecule is Cc1nn(C)c2ncc(C(=O)N3CCCCC3C(=O)O)cc12. The summed E-state index contributed by atoms with van der Waals surface area (Å²) in [7, 11) is 1.80. The minimum absolute atomic E-state index is 0.273. The molecule has 116 valence electrons. The second-order valence-corrected chi connectivity index (χ2v) is 5.65. The summed E-state index contributed by atoms with van der Waals surface area (Å²) in [6, 6.07) is 1.01. The van der Waals surface area contributed by atoms with E-state index in [-0.39, 0.29) is 5.91 Å². The number of pyridine rings is 1. The van der Waals surface area contributed by atoms with Crippen molar-refractivity contribution < 1.29 is 14.7 Å². The van der Waals surface area contributed by atoms with E-state index < -0.39 is 12.0 Å². The second-order valence-electron chi connectivity index (χ2n) is 5.65. The number of amides is 1. The van der Waals surface area contributed by atoms with Crippen molar-refractivity contribution in [2.75, 3.05) is 6.54 Å². The van der Waals surface area contributed by atoms with Gasteiger partial charge in [-0.25, -0.2) is 9.78 Å². The largest absolute Gasteiger partial charge is 0.480 e. The van der Waals surface area contributed by atoms with Crippen LogP contribution in [0.1, 0.15) is 35.3 Å². The number of aromatic nitrogens is 3. The number of aryl methyl sites for hydroxylation is 2. The summed E-state index contributed by atoms with van der Waals surface area (Å²) in [5.41, 5.74) is 1.92. The number of likely N-dealkylation sites (tertiary alicyclic amines) is 1. The van der Waals surface area contributed by atoms with E-state index in [4.69, 9.17) is 0 Å². The molecule has 1 amide bonds. The fraction of sp³-hybridized carbons (Fsp3) is 0.467. The minimum atomic E-state index is -0.945. The molecule has 1 atom stereocenters. The Kier molecular flexibility index (Phi) is 3.56. The lowest BCUT2D eigenvalue weighted by Gasteiger charge is -2.32. The third kappa shape index (κ3) is 2.32. The summed E-state index contributed by atoms with van der Waals surface area (Å²) >= 11 is 0. The number of carboxylic acids is 1. The molecule has 7 nitrogen and oxygen atoms in total. The highest BCUT2D eigenvalue weighted by Gasteiger charge is 2.32. The Bertz CT molecular complexity index is 753. The van der Waals surface area contributed by atoms with Gasteiger partial charge in [0.05, 0.1) is 11.3 Å². The van der Waals surface area contributed by atoms with Crippen LogP contribution in [-0.2, 0) is 11.8 Å². The van der Waals surface area contributed by atoms with E-state index in [1.54, 1.807) is 17.8 Å². The maximum Gasteiger partial charge on any atom is 0.326 e. The molecule has 2 aromatic heterocycles. The Hall–Kier alpha value is -2.44. The molecule has 7 heteroatoms. The Morgan fingerprint density at radius 2 is 2.14 bits per heavy atom. The predicted molar refractivity (Wildman–Crippen MR) is 79.6 cm³/mol. The van der Waals surface area contributed by atoms with Gasteiger partial charge in [-0.05, 0) is 32.3 Å². The molecule has 0 bridgehead atoms. The van der Waals surface area contributed by atoms with Gasteiger partial charge in [0.15, 0.2) is 5.65 Å². The van der Waals surface area contributed by atoms with Crippen LogP contribution < -0.4 is 0 Å². The minimum Gasteiger partial charge on any atom is -0.480 e. The molecular formula is C15H18N4O3. The first-order valence-electron chi connectivity index (χ1n) is 7.32.